The van der Waals surface area contributed by atoms with Gasteiger partial charge in [0.25, 0.3) is 0 Å². The van der Waals surface area contributed by atoms with Gasteiger partial charge in [0.2, 0.25) is 0 Å². The molecular weight excluding hydrogens is 204 g/mol. The molecule has 86 valence electrons. The van der Waals surface area contributed by atoms with Crippen LogP contribution in [0, 0.1) is 5.92 Å². The summed E-state index contributed by atoms with van der Waals surface area (Å²) in [6, 6.07) is 6.90. The first-order chi connectivity index (χ1) is 7.75. The Morgan fingerprint density at radius 2 is 2.12 bits per heavy atom. The van der Waals surface area contributed by atoms with Crippen LogP contribution < -0.4 is 0 Å². The van der Waals surface area contributed by atoms with E-state index in [-0.39, 0.29) is 17.5 Å². The third-order valence-corrected chi connectivity index (χ3v) is 2.97. The summed E-state index contributed by atoms with van der Waals surface area (Å²) >= 11 is 0. The summed E-state index contributed by atoms with van der Waals surface area (Å²) in [7, 11) is 0. The monoisotopic (exact) mass is 220 g/mol. The highest BCUT2D eigenvalue weighted by Crippen LogP contribution is 2.19. The van der Waals surface area contributed by atoms with Gasteiger partial charge >= 0.3 is 0 Å². The molecule has 1 aliphatic rings. The maximum Gasteiger partial charge on any atom is 0.140 e. The smallest absolute Gasteiger partial charge is 0.140 e. The van der Waals surface area contributed by atoms with E-state index in [2.05, 4.69) is 0 Å². The van der Waals surface area contributed by atoms with Crippen LogP contribution in [-0.2, 0) is 16.0 Å². The number of ether oxygens (including phenoxy) is 1. The van der Waals surface area contributed by atoms with Crippen molar-refractivity contribution in [3.63, 3.8) is 0 Å². The maximum atomic E-state index is 11.9. The summed E-state index contributed by atoms with van der Waals surface area (Å²) in [6.45, 7) is 1.38. The molecule has 0 bridgehead atoms. The number of hydrogen-bond acceptors (Lipinski definition) is 3. The van der Waals surface area contributed by atoms with Crippen molar-refractivity contribution in [2.75, 3.05) is 13.2 Å². The minimum absolute atomic E-state index is 0.135. The van der Waals surface area contributed by atoms with Gasteiger partial charge in [-0.3, -0.25) is 4.79 Å². The van der Waals surface area contributed by atoms with E-state index in [0.717, 1.165) is 18.4 Å². The summed E-state index contributed by atoms with van der Waals surface area (Å²) in [6.07, 6.45) is 2.08. The maximum absolute atomic E-state index is 11.9. The molecule has 3 nitrogen and oxygen atoms in total. The molecule has 1 aromatic carbocycles. The molecule has 0 aliphatic carbocycles. The van der Waals surface area contributed by atoms with Crippen molar-refractivity contribution in [3.05, 3.63) is 29.8 Å². The number of ketones is 1. The molecule has 0 amide bonds. The van der Waals surface area contributed by atoms with E-state index in [1.54, 1.807) is 18.2 Å². The van der Waals surface area contributed by atoms with Gasteiger partial charge in [-0.1, -0.05) is 12.1 Å². The van der Waals surface area contributed by atoms with Gasteiger partial charge in [-0.2, -0.15) is 0 Å². The fraction of sp³-hybridized carbons (Fsp3) is 0.462. The van der Waals surface area contributed by atoms with Gasteiger partial charge in [0, 0.05) is 25.6 Å². The van der Waals surface area contributed by atoms with Crippen LogP contribution in [0.4, 0.5) is 0 Å². The van der Waals surface area contributed by atoms with Crippen LogP contribution in [0.5, 0.6) is 5.75 Å². The average molecular weight is 220 g/mol. The van der Waals surface area contributed by atoms with Gasteiger partial charge in [-0.05, 0) is 30.5 Å². The third-order valence-electron chi connectivity index (χ3n) is 2.97. The Labute approximate surface area is 95.0 Å². The Morgan fingerprint density at radius 1 is 1.38 bits per heavy atom. The van der Waals surface area contributed by atoms with Crippen LogP contribution in [0.3, 0.4) is 0 Å². The number of benzene rings is 1. The lowest BCUT2D eigenvalue weighted by atomic mass is 9.91. The minimum atomic E-state index is 0.135. The zero-order valence-electron chi connectivity index (χ0n) is 9.19. The Morgan fingerprint density at radius 3 is 2.81 bits per heavy atom. The van der Waals surface area contributed by atoms with Crippen LogP contribution in [0.25, 0.3) is 0 Å². The van der Waals surface area contributed by atoms with Gasteiger partial charge in [-0.25, -0.2) is 0 Å². The molecule has 1 saturated heterocycles. The standard InChI is InChI=1S/C13H16O3/c14-12-3-1-2-10(8-12)9-13(15)11-4-6-16-7-5-11/h1-3,8,11,14H,4-7,9H2. The zero-order chi connectivity index (χ0) is 11.4. The molecule has 0 unspecified atom stereocenters. The second kappa shape index (κ2) is 5.12. The summed E-state index contributed by atoms with van der Waals surface area (Å²) in [5.41, 5.74) is 0.886. The fourth-order valence-electron chi connectivity index (χ4n) is 2.03. The third kappa shape index (κ3) is 2.83. The highest BCUT2D eigenvalue weighted by atomic mass is 16.5. The van der Waals surface area contributed by atoms with Crippen LogP contribution in [-0.4, -0.2) is 24.1 Å². The second-order valence-electron chi connectivity index (χ2n) is 4.20. The van der Waals surface area contributed by atoms with E-state index >= 15 is 0 Å². The fourth-order valence-corrected chi connectivity index (χ4v) is 2.03. The van der Waals surface area contributed by atoms with E-state index in [9.17, 15) is 9.90 Å². The number of Topliss-reactive ketones (excluding diaryl/α,β-unsaturated/α-hetero) is 1. The van der Waals surface area contributed by atoms with Crippen LogP contribution in [0.2, 0.25) is 0 Å². The lowest BCUT2D eigenvalue weighted by Gasteiger charge is -2.20. The van der Waals surface area contributed by atoms with Crippen molar-refractivity contribution < 1.29 is 14.6 Å². The number of phenols is 1. The van der Waals surface area contributed by atoms with E-state index in [0.29, 0.717) is 19.6 Å². The molecule has 3 heteroatoms. The van der Waals surface area contributed by atoms with E-state index < -0.39 is 0 Å². The molecule has 2 rings (SSSR count). The number of rotatable bonds is 3. The number of phenolic OH excluding ortho intramolecular Hbond substituents is 1. The number of aromatic hydroxyl groups is 1. The number of hydrogen-bond donors (Lipinski definition) is 1. The normalized spacial score (nSPS) is 17.2. The first kappa shape index (κ1) is 11.1. The lowest BCUT2D eigenvalue weighted by Crippen LogP contribution is -2.24. The van der Waals surface area contributed by atoms with E-state index in [1.807, 2.05) is 6.07 Å². The first-order valence-electron chi connectivity index (χ1n) is 5.64. The van der Waals surface area contributed by atoms with Crippen molar-refractivity contribution >= 4 is 5.78 Å². The Balaban J connectivity index is 1.96. The number of carbonyl (C=O) groups excluding carboxylic acids is 1. The highest BCUT2D eigenvalue weighted by Gasteiger charge is 2.21. The molecule has 16 heavy (non-hydrogen) atoms. The molecule has 0 radical (unpaired) electrons. The molecule has 1 aromatic rings. The number of carbonyl (C=O) groups is 1. The van der Waals surface area contributed by atoms with Gasteiger partial charge in [-0.15, -0.1) is 0 Å². The van der Waals surface area contributed by atoms with Crippen molar-refractivity contribution in [3.8, 4) is 5.75 Å². The van der Waals surface area contributed by atoms with Crippen LogP contribution in [0.15, 0.2) is 24.3 Å². The Kier molecular flexibility index (Phi) is 3.57. The predicted molar refractivity (Wildman–Crippen MR) is 60.4 cm³/mol. The van der Waals surface area contributed by atoms with Crippen molar-refractivity contribution in [1.29, 1.82) is 0 Å². The van der Waals surface area contributed by atoms with Crippen molar-refractivity contribution in [2.45, 2.75) is 19.3 Å². The summed E-state index contributed by atoms with van der Waals surface area (Å²) < 4.78 is 5.23. The first-order valence-corrected chi connectivity index (χ1v) is 5.64. The SMILES string of the molecule is O=C(Cc1cccc(O)c1)C1CCOCC1. The molecule has 0 aromatic heterocycles. The summed E-state index contributed by atoms with van der Waals surface area (Å²) in [5.74, 6) is 0.613. The Bertz CT molecular complexity index is 367. The molecule has 0 atom stereocenters. The molecule has 0 spiro atoms. The second-order valence-corrected chi connectivity index (χ2v) is 4.20. The zero-order valence-corrected chi connectivity index (χ0v) is 9.19. The van der Waals surface area contributed by atoms with E-state index in [4.69, 9.17) is 4.74 Å². The van der Waals surface area contributed by atoms with Gasteiger partial charge in [0.05, 0.1) is 0 Å². The van der Waals surface area contributed by atoms with Gasteiger partial charge in [0.1, 0.15) is 11.5 Å². The highest BCUT2D eigenvalue weighted by molar-refractivity contribution is 5.83. The molecule has 0 saturated carbocycles. The van der Waals surface area contributed by atoms with Crippen molar-refractivity contribution in [2.24, 2.45) is 5.92 Å². The molecule has 1 heterocycles. The lowest BCUT2D eigenvalue weighted by molar-refractivity contribution is -0.125. The topological polar surface area (TPSA) is 46.5 Å². The average Bonchev–Trinajstić information content (AvgIpc) is 2.30. The van der Waals surface area contributed by atoms with Gasteiger partial charge in [0.15, 0.2) is 0 Å². The van der Waals surface area contributed by atoms with Crippen LogP contribution in [0.1, 0.15) is 18.4 Å². The Hall–Kier alpha value is -1.35. The van der Waals surface area contributed by atoms with Gasteiger partial charge < -0.3 is 9.84 Å². The molecule has 1 fully saturated rings. The predicted octanol–water partition coefficient (Wildman–Crippen LogP) is 1.93. The van der Waals surface area contributed by atoms with E-state index in [1.165, 1.54) is 0 Å². The molecule has 1 N–H and O–H groups in total. The largest absolute Gasteiger partial charge is 0.508 e. The van der Waals surface area contributed by atoms with Crippen LogP contribution >= 0.6 is 0 Å². The molecule has 1 aliphatic heterocycles. The quantitative estimate of drug-likeness (QED) is 0.846. The molecular formula is C13H16O3. The summed E-state index contributed by atoms with van der Waals surface area (Å²) in [4.78, 5) is 11.9. The van der Waals surface area contributed by atoms with Crippen molar-refractivity contribution in [1.82, 2.24) is 0 Å². The minimum Gasteiger partial charge on any atom is -0.508 e. The summed E-state index contributed by atoms with van der Waals surface area (Å²) in [5, 5.41) is 9.30.